The van der Waals surface area contributed by atoms with Crippen molar-refractivity contribution in [3.05, 3.63) is 26.3 Å². The maximum Gasteiger partial charge on any atom is 0.357 e. The molecule has 0 spiro atoms. The number of thiophene rings is 1. The molecule has 0 amide bonds. The Bertz CT molecular complexity index is 476. The van der Waals surface area contributed by atoms with Gasteiger partial charge in [-0.2, -0.15) is 0 Å². The van der Waals surface area contributed by atoms with Crippen LogP contribution in [0.25, 0.3) is 11.5 Å². The lowest BCUT2D eigenvalue weighted by Crippen LogP contribution is -1.95. The summed E-state index contributed by atoms with van der Waals surface area (Å²) < 4.78 is 6.14. The molecule has 0 aliphatic carbocycles. The number of carboxylic acids is 1. The van der Waals surface area contributed by atoms with Gasteiger partial charge in [0.2, 0.25) is 5.89 Å². The second kappa shape index (κ2) is 3.70. The van der Waals surface area contributed by atoms with Crippen molar-refractivity contribution in [2.75, 3.05) is 0 Å². The summed E-state index contributed by atoms with van der Waals surface area (Å²) in [5.41, 5.74) is 0.744. The molecule has 0 bridgehead atoms. The van der Waals surface area contributed by atoms with Gasteiger partial charge in [0.15, 0.2) is 5.69 Å². The van der Waals surface area contributed by atoms with Crippen molar-refractivity contribution in [3.8, 4) is 11.5 Å². The van der Waals surface area contributed by atoms with E-state index in [4.69, 9.17) is 9.52 Å². The maximum atomic E-state index is 10.5. The lowest BCUT2D eigenvalue weighted by Gasteiger charge is -1.84. The first-order chi connectivity index (χ1) is 6.66. The first-order valence-electron chi connectivity index (χ1n) is 3.60. The van der Waals surface area contributed by atoms with Crippen LogP contribution in [0.3, 0.4) is 0 Å². The van der Waals surface area contributed by atoms with E-state index in [0.717, 1.165) is 14.7 Å². The van der Waals surface area contributed by atoms with Crippen molar-refractivity contribution >= 4 is 39.9 Å². The van der Waals surface area contributed by atoms with Gasteiger partial charge in [-0.3, -0.25) is 0 Å². The minimum absolute atomic E-state index is 0.0683. The van der Waals surface area contributed by atoms with Crippen LogP contribution in [0.5, 0.6) is 0 Å². The Balaban J connectivity index is 2.38. The van der Waals surface area contributed by atoms with Crippen molar-refractivity contribution < 1.29 is 14.3 Å². The molecule has 0 atom stereocenters. The van der Waals surface area contributed by atoms with Crippen LogP contribution in [-0.2, 0) is 0 Å². The highest BCUT2D eigenvalue weighted by molar-refractivity contribution is 14.1. The van der Waals surface area contributed by atoms with Crippen molar-refractivity contribution in [1.29, 1.82) is 0 Å². The third kappa shape index (κ3) is 1.80. The van der Waals surface area contributed by atoms with Gasteiger partial charge in [-0.25, -0.2) is 9.78 Å². The molecule has 14 heavy (non-hydrogen) atoms. The molecule has 2 aromatic heterocycles. The monoisotopic (exact) mass is 321 g/mol. The Morgan fingerprint density at radius 3 is 2.93 bits per heavy atom. The van der Waals surface area contributed by atoms with Crippen molar-refractivity contribution in [2.45, 2.75) is 0 Å². The summed E-state index contributed by atoms with van der Waals surface area (Å²) >= 11 is 3.74. The second-order valence-corrected chi connectivity index (χ2v) is 5.29. The SMILES string of the molecule is O=C(O)c1coc(-c2csc(I)c2)n1. The smallest absolute Gasteiger partial charge is 0.357 e. The third-order valence-corrected chi connectivity index (χ3v) is 3.33. The predicted molar refractivity (Wildman–Crippen MR) is 59.5 cm³/mol. The van der Waals surface area contributed by atoms with Crippen LogP contribution in [0.4, 0.5) is 0 Å². The molecule has 0 aliphatic heterocycles. The minimum atomic E-state index is -1.08. The van der Waals surface area contributed by atoms with Gasteiger partial charge in [-0.05, 0) is 28.7 Å². The zero-order chi connectivity index (χ0) is 10.1. The van der Waals surface area contributed by atoms with Crippen molar-refractivity contribution in [2.24, 2.45) is 0 Å². The molecule has 0 fully saturated rings. The standard InChI is InChI=1S/C8H4INO3S/c9-6-1-4(3-14-6)7-10-5(2-13-7)8(11)12/h1-3H,(H,11,12). The number of aromatic carboxylic acids is 1. The summed E-state index contributed by atoms with van der Waals surface area (Å²) in [5.74, 6) is -0.730. The summed E-state index contributed by atoms with van der Waals surface area (Å²) in [5, 5.41) is 10.5. The molecule has 1 N–H and O–H groups in total. The van der Waals surface area contributed by atoms with Crippen molar-refractivity contribution in [3.63, 3.8) is 0 Å². The van der Waals surface area contributed by atoms with Crippen LogP contribution in [0.15, 0.2) is 22.1 Å². The Morgan fingerprint density at radius 1 is 1.64 bits per heavy atom. The summed E-state index contributed by atoms with van der Waals surface area (Å²) in [6, 6.07) is 1.89. The fraction of sp³-hybridized carbons (Fsp3) is 0. The molecular formula is C8H4INO3S. The lowest BCUT2D eigenvalue weighted by atomic mass is 10.3. The molecule has 2 rings (SSSR count). The van der Waals surface area contributed by atoms with Gasteiger partial charge in [-0.15, -0.1) is 11.3 Å². The van der Waals surface area contributed by atoms with E-state index in [9.17, 15) is 4.79 Å². The molecule has 0 saturated carbocycles. The number of halogens is 1. The fourth-order valence-electron chi connectivity index (χ4n) is 0.927. The lowest BCUT2D eigenvalue weighted by molar-refractivity contribution is 0.0690. The molecule has 0 aliphatic rings. The average Bonchev–Trinajstić information content (AvgIpc) is 2.70. The highest BCUT2D eigenvalue weighted by Crippen LogP contribution is 2.25. The van der Waals surface area contributed by atoms with E-state index in [0.29, 0.717) is 5.89 Å². The van der Waals surface area contributed by atoms with E-state index in [1.54, 1.807) is 11.3 Å². The Morgan fingerprint density at radius 2 is 2.43 bits per heavy atom. The highest BCUT2D eigenvalue weighted by atomic mass is 127. The molecule has 6 heteroatoms. The van der Waals surface area contributed by atoms with Gasteiger partial charge in [0.25, 0.3) is 0 Å². The number of hydrogen-bond acceptors (Lipinski definition) is 4. The number of oxazole rings is 1. The molecule has 0 unspecified atom stereocenters. The zero-order valence-corrected chi connectivity index (χ0v) is 9.70. The molecule has 2 aromatic rings. The van der Waals surface area contributed by atoms with E-state index in [1.165, 1.54) is 0 Å². The van der Waals surface area contributed by atoms with Gasteiger partial charge in [0, 0.05) is 10.9 Å². The van der Waals surface area contributed by atoms with Gasteiger partial charge in [-0.1, -0.05) is 0 Å². The number of nitrogens with zero attached hydrogens (tertiary/aromatic N) is 1. The zero-order valence-electron chi connectivity index (χ0n) is 6.73. The van der Waals surface area contributed by atoms with Crippen LogP contribution in [0, 0.1) is 2.88 Å². The van der Waals surface area contributed by atoms with Crippen LogP contribution >= 0.6 is 33.9 Å². The molecule has 2 heterocycles. The predicted octanol–water partition coefficient (Wildman–Crippen LogP) is 2.71. The fourth-order valence-corrected chi connectivity index (χ4v) is 2.25. The van der Waals surface area contributed by atoms with Gasteiger partial charge in [0.05, 0.1) is 2.88 Å². The quantitative estimate of drug-likeness (QED) is 0.864. The Kier molecular flexibility index (Phi) is 2.55. The largest absolute Gasteiger partial charge is 0.476 e. The van der Waals surface area contributed by atoms with E-state index in [2.05, 4.69) is 27.6 Å². The summed E-state index contributed by atoms with van der Waals surface area (Å²) in [6.45, 7) is 0. The Hall–Kier alpha value is -0.890. The number of carbonyl (C=O) groups is 1. The number of hydrogen-bond donors (Lipinski definition) is 1. The van der Waals surface area contributed by atoms with Crippen LogP contribution < -0.4 is 0 Å². The molecule has 4 nitrogen and oxygen atoms in total. The molecule has 0 saturated heterocycles. The van der Waals surface area contributed by atoms with Gasteiger partial charge >= 0.3 is 5.97 Å². The Labute approximate surface area is 96.7 Å². The van der Waals surface area contributed by atoms with Gasteiger partial charge in [0.1, 0.15) is 6.26 Å². The molecule has 0 radical (unpaired) electrons. The number of carboxylic acid groups (broad SMARTS) is 1. The van der Waals surface area contributed by atoms with E-state index in [-0.39, 0.29) is 5.69 Å². The number of aromatic nitrogens is 1. The van der Waals surface area contributed by atoms with Crippen LogP contribution in [0.1, 0.15) is 10.5 Å². The maximum absolute atomic E-state index is 10.5. The number of rotatable bonds is 2. The summed E-state index contributed by atoms with van der Waals surface area (Å²) in [4.78, 5) is 14.4. The average molecular weight is 321 g/mol. The first kappa shape index (κ1) is 9.66. The van der Waals surface area contributed by atoms with Crippen molar-refractivity contribution in [1.82, 2.24) is 4.98 Å². The summed E-state index contributed by atoms with van der Waals surface area (Å²) in [6.07, 6.45) is 1.14. The van der Waals surface area contributed by atoms with Crippen LogP contribution in [-0.4, -0.2) is 16.1 Å². The van der Waals surface area contributed by atoms with Crippen LogP contribution in [0.2, 0.25) is 0 Å². The highest BCUT2D eigenvalue weighted by Gasteiger charge is 2.12. The topological polar surface area (TPSA) is 63.3 Å². The minimum Gasteiger partial charge on any atom is -0.476 e. The van der Waals surface area contributed by atoms with E-state index in [1.807, 2.05) is 11.4 Å². The molecule has 0 aromatic carbocycles. The van der Waals surface area contributed by atoms with E-state index < -0.39 is 5.97 Å². The first-order valence-corrected chi connectivity index (χ1v) is 5.56. The second-order valence-electron chi connectivity index (χ2n) is 2.48. The van der Waals surface area contributed by atoms with Gasteiger partial charge < -0.3 is 9.52 Å². The molecular weight excluding hydrogens is 317 g/mol. The van der Waals surface area contributed by atoms with E-state index >= 15 is 0 Å². The normalized spacial score (nSPS) is 10.4. The summed E-state index contributed by atoms with van der Waals surface area (Å²) in [7, 11) is 0. The molecule has 72 valence electrons. The third-order valence-electron chi connectivity index (χ3n) is 1.54.